The Morgan fingerprint density at radius 1 is 1.17 bits per heavy atom. The van der Waals surface area contributed by atoms with Crippen LogP contribution in [0.15, 0.2) is 24.3 Å². The zero-order valence-electron chi connectivity index (χ0n) is 10.8. The maximum atomic E-state index is 11.5. The van der Waals surface area contributed by atoms with E-state index in [0.717, 1.165) is 6.42 Å². The summed E-state index contributed by atoms with van der Waals surface area (Å²) in [5.74, 6) is 1.39. The Kier molecular flexibility index (Phi) is 4.17. The van der Waals surface area contributed by atoms with Gasteiger partial charge in [0.25, 0.3) is 0 Å². The Hall–Kier alpha value is -0.350. The van der Waals surface area contributed by atoms with Crippen LogP contribution >= 0.6 is 15.9 Å². The Morgan fingerprint density at radius 2 is 1.72 bits per heavy atom. The first kappa shape index (κ1) is 14.1. The highest BCUT2D eigenvalue weighted by Gasteiger charge is 2.33. The van der Waals surface area contributed by atoms with E-state index in [9.17, 15) is 8.42 Å². The number of rotatable bonds is 3. The zero-order chi connectivity index (χ0) is 13.3. The minimum atomic E-state index is -2.80. The normalized spacial score (nSPS) is 24.3. The molecular weight excluding hydrogens is 312 g/mol. The first-order chi connectivity index (χ1) is 8.39. The molecular formula is C14H19BrO2S. The van der Waals surface area contributed by atoms with Gasteiger partial charge in [0, 0.05) is 4.83 Å². The van der Waals surface area contributed by atoms with Crippen molar-refractivity contribution in [3.05, 3.63) is 35.4 Å². The molecule has 100 valence electrons. The summed E-state index contributed by atoms with van der Waals surface area (Å²) in [6, 6.07) is 8.49. The molecule has 2 nitrogen and oxygen atoms in total. The van der Waals surface area contributed by atoms with E-state index in [2.05, 4.69) is 54.0 Å². The molecule has 0 aromatic heterocycles. The molecule has 0 bridgehead atoms. The summed E-state index contributed by atoms with van der Waals surface area (Å²) in [4.78, 5) is 0.149. The van der Waals surface area contributed by atoms with Crippen molar-refractivity contribution in [2.45, 2.75) is 31.0 Å². The zero-order valence-corrected chi connectivity index (χ0v) is 13.2. The van der Waals surface area contributed by atoms with Gasteiger partial charge in [-0.3, -0.25) is 0 Å². The summed E-state index contributed by atoms with van der Waals surface area (Å²) in [5.41, 5.74) is 2.50. The summed E-state index contributed by atoms with van der Waals surface area (Å²) in [6.07, 6.45) is 0.768. The maximum absolute atomic E-state index is 11.5. The molecule has 2 atom stereocenters. The lowest BCUT2D eigenvalue weighted by Crippen LogP contribution is -2.10. The fourth-order valence-electron chi connectivity index (χ4n) is 2.39. The summed E-state index contributed by atoms with van der Waals surface area (Å²) in [5, 5.41) is 0. The molecule has 1 aromatic rings. The molecule has 0 spiro atoms. The fourth-order valence-corrected chi connectivity index (χ4v) is 5.24. The Morgan fingerprint density at radius 3 is 2.17 bits per heavy atom. The average molecular weight is 331 g/mol. The number of benzene rings is 1. The molecule has 4 heteroatoms. The molecule has 2 rings (SSSR count). The van der Waals surface area contributed by atoms with Crippen molar-refractivity contribution in [3.8, 4) is 0 Å². The summed E-state index contributed by atoms with van der Waals surface area (Å²) < 4.78 is 23.0. The van der Waals surface area contributed by atoms with Crippen LogP contribution in [-0.4, -0.2) is 19.9 Å². The third kappa shape index (κ3) is 3.15. The highest BCUT2D eigenvalue weighted by molar-refractivity contribution is 9.09. The van der Waals surface area contributed by atoms with Crippen LogP contribution < -0.4 is 0 Å². The number of halogens is 1. The minimum Gasteiger partial charge on any atom is -0.229 e. The Labute approximate surface area is 118 Å². The third-order valence-electron chi connectivity index (χ3n) is 3.60. The van der Waals surface area contributed by atoms with Crippen LogP contribution in [0.3, 0.4) is 0 Å². The van der Waals surface area contributed by atoms with Gasteiger partial charge in [0.1, 0.15) is 0 Å². The molecule has 1 heterocycles. The highest BCUT2D eigenvalue weighted by atomic mass is 79.9. The van der Waals surface area contributed by atoms with Crippen molar-refractivity contribution in [1.82, 2.24) is 0 Å². The lowest BCUT2D eigenvalue weighted by Gasteiger charge is -2.17. The molecule has 0 amide bonds. The average Bonchev–Trinajstić information content (AvgIpc) is 2.69. The van der Waals surface area contributed by atoms with Crippen LogP contribution in [0.25, 0.3) is 0 Å². The number of hydrogen-bond donors (Lipinski definition) is 0. The van der Waals surface area contributed by atoms with E-state index < -0.39 is 9.84 Å². The van der Waals surface area contributed by atoms with Crippen molar-refractivity contribution in [2.75, 3.05) is 11.5 Å². The molecule has 0 N–H and O–H groups in total. The van der Waals surface area contributed by atoms with Gasteiger partial charge in [-0.25, -0.2) is 8.42 Å². The lowest BCUT2D eigenvalue weighted by molar-refractivity contribution is 0.579. The van der Waals surface area contributed by atoms with Gasteiger partial charge in [0.05, 0.1) is 11.5 Å². The summed E-state index contributed by atoms with van der Waals surface area (Å²) in [6.45, 7) is 4.34. The van der Waals surface area contributed by atoms with Gasteiger partial charge in [-0.2, -0.15) is 0 Å². The Bertz CT molecular complexity index is 505. The van der Waals surface area contributed by atoms with E-state index in [1.807, 2.05) is 0 Å². The van der Waals surface area contributed by atoms with Gasteiger partial charge in [-0.15, -0.1) is 0 Å². The van der Waals surface area contributed by atoms with Crippen LogP contribution in [0.4, 0.5) is 0 Å². The minimum absolute atomic E-state index is 0.149. The van der Waals surface area contributed by atoms with Crippen LogP contribution in [0.5, 0.6) is 0 Å². The van der Waals surface area contributed by atoms with Gasteiger partial charge in [-0.05, 0) is 29.4 Å². The molecule has 1 aromatic carbocycles. The van der Waals surface area contributed by atoms with Crippen LogP contribution in [0.2, 0.25) is 0 Å². The second kappa shape index (κ2) is 5.33. The van der Waals surface area contributed by atoms with Gasteiger partial charge in [0.2, 0.25) is 0 Å². The fraction of sp³-hybridized carbons (Fsp3) is 0.571. The smallest absolute Gasteiger partial charge is 0.150 e. The van der Waals surface area contributed by atoms with E-state index in [1.54, 1.807) is 0 Å². The predicted octanol–water partition coefficient (Wildman–Crippen LogP) is 3.68. The standard InChI is InChI=1S/C14H19BrO2S/c1-10(2)11-3-5-12(6-4-11)14(15)13-7-8-18(16,17)9-13/h3-6,10,13-14H,7-9H2,1-2H3. The van der Waals surface area contributed by atoms with Gasteiger partial charge in [0.15, 0.2) is 9.84 Å². The largest absolute Gasteiger partial charge is 0.229 e. The first-order valence-corrected chi connectivity index (χ1v) is 9.07. The molecule has 1 aliphatic rings. The van der Waals surface area contributed by atoms with Gasteiger partial charge < -0.3 is 0 Å². The molecule has 1 aliphatic heterocycles. The van der Waals surface area contributed by atoms with Crippen molar-refractivity contribution >= 4 is 25.8 Å². The number of alkyl halides is 1. The summed E-state index contributed by atoms with van der Waals surface area (Å²) in [7, 11) is -2.80. The quantitative estimate of drug-likeness (QED) is 0.792. The highest BCUT2D eigenvalue weighted by Crippen LogP contribution is 2.38. The third-order valence-corrected chi connectivity index (χ3v) is 6.67. The van der Waals surface area contributed by atoms with Gasteiger partial charge in [-0.1, -0.05) is 54.0 Å². The molecule has 0 radical (unpaired) electrons. The Balaban J connectivity index is 2.12. The van der Waals surface area contributed by atoms with Crippen LogP contribution in [0.1, 0.15) is 42.1 Å². The summed E-state index contributed by atoms with van der Waals surface area (Å²) >= 11 is 3.66. The molecule has 0 saturated carbocycles. The topological polar surface area (TPSA) is 34.1 Å². The SMILES string of the molecule is CC(C)c1ccc(C(Br)C2CCS(=O)(=O)C2)cc1. The van der Waals surface area contributed by atoms with E-state index in [4.69, 9.17) is 0 Å². The number of hydrogen-bond acceptors (Lipinski definition) is 2. The monoisotopic (exact) mass is 330 g/mol. The van der Waals surface area contributed by atoms with Crippen molar-refractivity contribution in [2.24, 2.45) is 5.92 Å². The second-order valence-corrected chi connectivity index (χ2v) is 8.60. The van der Waals surface area contributed by atoms with Crippen molar-refractivity contribution in [1.29, 1.82) is 0 Å². The van der Waals surface area contributed by atoms with Crippen molar-refractivity contribution in [3.63, 3.8) is 0 Å². The van der Waals surface area contributed by atoms with E-state index in [1.165, 1.54) is 11.1 Å². The molecule has 0 aliphatic carbocycles. The second-order valence-electron chi connectivity index (χ2n) is 5.39. The lowest BCUT2D eigenvalue weighted by atomic mass is 9.96. The molecule has 18 heavy (non-hydrogen) atoms. The predicted molar refractivity (Wildman–Crippen MR) is 79.0 cm³/mol. The van der Waals surface area contributed by atoms with E-state index in [-0.39, 0.29) is 10.7 Å². The maximum Gasteiger partial charge on any atom is 0.150 e. The first-order valence-electron chi connectivity index (χ1n) is 6.33. The molecule has 1 saturated heterocycles. The van der Waals surface area contributed by atoms with Crippen LogP contribution in [-0.2, 0) is 9.84 Å². The van der Waals surface area contributed by atoms with E-state index >= 15 is 0 Å². The van der Waals surface area contributed by atoms with E-state index in [0.29, 0.717) is 17.4 Å². The number of sulfone groups is 1. The van der Waals surface area contributed by atoms with Gasteiger partial charge >= 0.3 is 0 Å². The molecule has 1 fully saturated rings. The van der Waals surface area contributed by atoms with Crippen molar-refractivity contribution < 1.29 is 8.42 Å². The van der Waals surface area contributed by atoms with Crippen LogP contribution in [0, 0.1) is 5.92 Å². The molecule has 2 unspecified atom stereocenters.